The Hall–Kier alpha value is -2.07. The zero-order valence-corrected chi connectivity index (χ0v) is 10.7. The highest BCUT2D eigenvalue weighted by molar-refractivity contribution is 5.97. The summed E-state index contributed by atoms with van der Waals surface area (Å²) in [5.41, 5.74) is 2.62. The van der Waals surface area contributed by atoms with E-state index in [1.807, 2.05) is 6.07 Å². The molecular weight excluding hydrogens is 262 g/mol. The Kier molecular flexibility index (Phi) is 3.32. The molecule has 0 spiro atoms. The molecule has 2 aromatic carbocycles. The van der Waals surface area contributed by atoms with E-state index >= 15 is 0 Å². The summed E-state index contributed by atoms with van der Waals surface area (Å²) in [6.07, 6.45) is -0.150. The van der Waals surface area contributed by atoms with Crippen molar-refractivity contribution in [3.63, 3.8) is 0 Å². The second-order valence-corrected chi connectivity index (χ2v) is 4.81. The molecule has 0 aromatic heterocycles. The lowest BCUT2D eigenvalue weighted by Gasteiger charge is -2.05. The molecule has 3 rings (SSSR count). The molecule has 0 N–H and O–H groups in total. The molecule has 2 aromatic rings. The molecule has 0 saturated heterocycles. The molecule has 102 valence electrons. The highest BCUT2D eigenvalue weighted by atomic mass is 19.1. The summed E-state index contributed by atoms with van der Waals surface area (Å²) in [6.45, 7) is 1.05. The minimum Gasteiger partial charge on any atom is -0.372 e. The maximum absolute atomic E-state index is 13.5. The first-order valence-corrected chi connectivity index (χ1v) is 6.30. The van der Waals surface area contributed by atoms with E-state index in [1.165, 1.54) is 0 Å². The Labute approximate surface area is 115 Å². The largest absolute Gasteiger partial charge is 0.372 e. The predicted molar refractivity (Wildman–Crippen MR) is 69.3 cm³/mol. The zero-order chi connectivity index (χ0) is 14.1. The smallest absolute Gasteiger partial charge is 0.167 e. The van der Waals surface area contributed by atoms with Crippen molar-refractivity contribution in [1.82, 2.24) is 0 Å². The summed E-state index contributed by atoms with van der Waals surface area (Å²) in [7, 11) is 0. The summed E-state index contributed by atoms with van der Waals surface area (Å²) in [6, 6.07) is 8.45. The van der Waals surface area contributed by atoms with Gasteiger partial charge < -0.3 is 4.74 Å². The standard InChI is InChI=1S/C16H12F2O2/c17-14-3-4-15(18)12(6-14)7-16(19)10-1-2-11-8-20-9-13(11)5-10/h1-6H,7-9H2. The normalized spacial score (nSPS) is 13.3. The first kappa shape index (κ1) is 12.9. The number of hydrogen-bond donors (Lipinski definition) is 0. The fourth-order valence-electron chi connectivity index (χ4n) is 2.30. The molecular formula is C16H12F2O2. The Balaban J connectivity index is 1.84. The van der Waals surface area contributed by atoms with Crippen molar-refractivity contribution < 1.29 is 18.3 Å². The Morgan fingerprint density at radius 2 is 1.85 bits per heavy atom. The highest BCUT2D eigenvalue weighted by Crippen LogP contribution is 2.22. The third-order valence-corrected chi connectivity index (χ3v) is 3.40. The van der Waals surface area contributed by atoms with Crippen LogP contribution < -0.4 is 0 Å². The molecule has 0 bridgehead atoms. The second kappa shape index (κ2) is 5.13. The molecule has 0 saturated carbocycles. The number of benzene rings is 2. The summed E-state index contributed by atoms with van der Waals surface area (Å²) >= 11 is 0. The van der Waals surface area contributed by atoms with Gasteiger partial charge in [-0.3, -0.25) is 4.79 Å². The average Bonchev–Trinajstić information content (AvgIpc) is 2.90. The van der Waals surface area contributed by atoms with Crippen LogP contribution in [0.1, 0.15) is 27.0 Å². The SMILES string of the molecule is O=C(Cc1cc(F)ccc1F)c1ccc2c(c1)COC2. The van der Waals surface area contributed by atoms with E-state index in [2.05, 4.69) is 0 Å². The van der Waals surface area contributed by atoms with Crippen molar-refractivity contribution in [3.8, 4) is 0 Å². The molecule has 1 aliphatic heterocycles. The van der Waals surface area contributed by atoms with Crippen LogP contribution in [0.5, 0.6) is 0 Å². The van der Waals surface area contributed by atoms with Gasteiger partial charge in [0, 0.05) is 12.0 Å². The van der Waals surface area contributed by atoms with Crippen LogP contribution >= 0.6 is 0 Å². The third-order valence-electron chi connectivity index (χ3n) is 3.40. The molecule has 0 radical (unpaired) electrons. The van der Waals surface area contributed by atoms with Crippen molar-refractivity contribution in [1.29, 1.82) is 0 Å². The quantitative estimate of drug-likeness (QED) is 0.802. The molecule has 2 nitrogen and oxygen atoms in total. The van der Waals surface area contributed by atoms with Gasteiger partial charge in [0.15, 0.2) is 5.78 Å². The first-order valence-electron chi connectivity index (χ1n) is 6.30. The van der Waals surface area contributed by atoms with Gasteiger partial charge in [0.2, 0.25) is 0 Å². The number of hydrogen-bond acceptors (Lipinski definition) is 2. The van der Waals surface area contributed by atoms with Gasteiger partial charge in [0.05, 0.1) is 13.2 Å². The summed E-state index contributed by atoms with van der Waals surface area (Å²) in [5.74, 6) is -1.34. The number of rotatable bonds is 3. The van der Waals surface area contributed by atoms with Crippen molar-refractivity contribution >= 4 is 5.78 Å². The molecule has 0 atom stereocenters. The van der Waals surface area contributed by atoms with Crippen LogP contribution in [-0.4, -0.2) is 5.78 Å². The van der Waals surface area contributed by atoms with Gasteiger partial charge in [-0.1, -0.05) is 12.1 Å². The summed E-state index contributed by atoms with van der Waals surface area (Å²) < 4.78 is 31.9. The maximum atomic E-state index is 13.5. The molecule has 20 heavy (non-hydrogen) atoms. The van der Waals surface area contributed by atoms with Crippen LogP contribution in [0.3, 0.4) is 0 Å². The van der Waals surface area contributed by atoms with E-state index in [0.717, 1.165) is 29.3 Å². The van der Waals surface area contributed by atoms with E-state index < -0.39 is 11.6 Å². The number of carbonyl (C=O) groups excluding carboxylic acids is 1. The zero-order valence-electron chi connectivity index (χ0n) is 10.7. The Bertz CT molecular complexity index is 680. The van der Waals surface area contributed by atoms with E-state index in [-0.39, 0.29) is 17.8 Å². The van der Waals surface area contributed by atoms with Crippen LogP contribution in [0, 0.1) is 11.6 Å². The van der Waals surface area contributed by atoms with Gasteiger partial charge in [-0.15, -0.1) is 0 Å². The van der Waals surface area contributed by atoms with E-state index in [1.54, 1.807) is 12.1 Å². The van der Waals surface area contributed by atoms with Crippen LogP contribution in [0.15, 0.2) is 36.4 Å². The predicted octanol–water partition coefficient (Wildman–Crippen LogP) is 3.42. The maximum Gasteiger partial charge on any atom is 0.167 e. The minimum atomic E-state index is -0.566. The Morgan fingerprint density at radius 1 is 1.05 bits per heavy atom. The third kappa shape index (κ3) is 2.47. The van der Waals surface area contributed by atoms with Gasteiger partial charge in [-0.05, 0) is 41.0 Å². The molecule has 0 aliphatic carbocycles. The van der Waals surface area contributed by atoms with Gasteiger partial charge in [0.1, 0.15) is 11.6 Å². The molecule has 1 aliphatic rings. The van der Waals surface area contributed by atoms with Gasteiger partial charge >= 0.3 is 0 Å². The lowest BCUT2D eigenvalue weighted by atomic mass is 9.99. The average molecular weight is 274 g/mol. The lowest BCUT2D eigenvalue weighted by Crippen LogP contribution is -2.06. The van der Waals surface area contributed by atoms with Crippen LogP contribution in [0.25, 0.3) is 0 Å². The number of halogens is 2. The molecule has 0 amide bonds. The Morgan fingerprint density at radius 3 is 2.70 bits per heavy atom. The summed E-state index contributed by atoms with van der Waals surface area (Å²) in [4.78, 5) is 12.1. The fourth-order valence-corrected chi connectivity index (χ4v) is 2.30. The summed E-state index contributed by atoms with van der Waals surface area (Å²) in [5, 5.41) is 0. The van der Waals surface area contributed by atoms with Gasteiger partial charge in [0.25, 0.3) is 0 Å². The van der Waals surface area contributed by atoms with E-state index in [0.29, 0.717) is 18.8 Å². The number of ether oxygens (including phenoxy) is 1. The van der Waals surface area contributed by atoms with Crippen molar-refractivity contribution in [2.75, 3.05) is 0 Å². The number of fused-ring (bicyclic) bond motifs is 1. The van der Waals surface area contributed by atoms with Crippen LogP contribution in [0.4, 0.5) is 8.78 Å². The number of Topliss-reactive ketones (excluding diaryl/α,β-unsaturated/α-hetero) is 1. The molecule has 0 fully saturated rings. The van der Waals surface area contributed by atoms with Crippen molar-refractivity contribution in [2.24, 2.45) is 0 Å². The molecule has 4 heteroatoms. The number of carbonyl (C=O) groups is 1. The minimum absolute atomic E-state index is 0.0757. The fraction of sp³-hybridized carbons (Fsp3) is 0.188. The van der Waals surface area contributed by atoms with Crippen molar-refractivity contribution in [3.05, 3.63) is 70.3 Å². The van der Waals surface area contributed by atoms with Gasteiger partial charge in [-0.25, -0.2) is 8.78 Å². The van der Waals surface area contributed by atoms with Gasteiger partial charge in [-0.2, -0.15) is 0 Å². The molecule has 0 unspecified atom stereocenters. The van der Waals surface area contributed by atoms with Crippen LogP contribution in [0.2, 0.25) is 0 Å². The van der Waals surface area contributed by atoms with E-state index in [9.17, 15) is 13.6 Å². The number of ketones is 1. The second-order valence-electron chi connectivity index (χ2n) is 4.81. The lowest BCUT2D eigenvalue weighted by molar-refractivity contribution is 0.0991. The first-order chi connectivity index (χ1) is 9.63. The van der Waals surface area contributed by atoms with E-state index in [4.69, 9.17) is 4.74 Å². The van der Waals surface area contributed by atoms with Crippen LogP contribution in [-0.2, 0) is 24.4 Å². The molecule has 1 heterocycles. The highest BCUT2D eigenvalue weighted by Gasteiger charge is 2.16. The topological polar surface area (TPSA) is 26.3 Å². The van der Waals surface area contributed by atoms with Crippen molar-refractivity contribution in [2.45, 2.75) is 19.6 Å². The monoisotopic (exact) mass is 274 g/mol.